The van der Waals surface area contributed by atoms with Gasteiger partial charge < -0.3 is 14.8 Å². The van der Waals surface area contributed by atoms with Crippen LogP contribution in [0.3, 0.4) is 0 Å². The summed E-state index contributed by atoms with van der Waals surface area (Å²) in [6.07, 6.45) is 3.63. The van der Waals surface area contributed by atoms with E-state index in [2.05, 4.69) is 5.32 Å². The Balaban J connectivity index is 1.85. The molecule has 22 heavy (non-hydrogen) atoms. The number of nitrogens with zero attached hydrogens (tertiary/aromatic N) is 1. The quantitative estimate of drug-likeness (QED) is 0.873. The van der Waals surface area contributed by atoms with Crippen molar-refractivity contribution < 1.29 is 14.3 Å². The number of carbonyl (C=O) groups is 1. The van der Waals surface area contributed by atoms with E-state index in [9.17, 15) is 4.79 Å². The monoisotopic (exact) mass is 326 g/mol. The summed E-state index contributed by atoms with van der Waals surface area (Å²) < 4.78 is 10.9. The van der Waals surface area contributed by atoms with Crippen molar-refractivity contribution in [2.24, 2.45) is 0 Å². The number of hydrogen-bond acceptors (Lipinski definition) is 4. The van der Waals surface area contributed by atoms with Gasteiger partial charge in [-0.15, -0.1) is 0 Å². The number of methoxy groups -OCH3 is 1. The van der Waals surface area contributed by atoms with Crippen LogP contribution in [0.2, 0.25) is 5.02 Å². The zero-order valence-electron chi connectivity index (χ0n) is 13.1. The fourth-order valence-corrected chi connectivity index (χ4v) is 2.75. The summed E-state index contributed by atoms with van der Waals surface area (Å²) in [6, 6.07) is 5.14. The molecule has 0 bridgehead atoms. The van der Waals surface area contributed by atoms with Gasteiger partial charge in [-0.05, 0) is 44.5 Å². The number of ether oxygens (including phenoxy) is 2. The van der Waals surface area contributed by atoms with Gasteiger partial charge in [0.05, 0.1) is 25.4 Å². The molecular formula is C16H23ClN2O3. The molecule has 0 spiro atoms. The normalized spacial score (nSPS) is 18.3. The maximum absolute atomic E-state index is 12.2. The number of hydrogen-bond donors (Lipinski definition) is 1. The summed E-state index contributed by atoms with van der Waals surface area (Å²) >= 11 is 5.96. The maximum atomic E-state index is 12.2. The molecule has 0 saturated carbocycles. The van der Waals surface area contributed by atoms with Gasteiger partial charge in [0.15, 0.2) is 0 Å². The van der Waals surface area contributed by atoms with E-state index in [0.717, 1.165) is 26.0 Å². The number of likely N-dealkylation sites (N-methyl/N-ethyl adjacent to an activating group) is 1. The predicted octanol–water partition coefficient (Wildman–Crippen LogP) is 2.79. The Morgan fingerprint density at radius 3 is 3.00 bits per heavy atom. The van der Waals surface area contributed by atoms with E-state index in [4.69, 9.17) is 21.1 Å². The predicted molar refractivity (Wildman–Crippen MR) is 87.7 cm³/mol. The molecule has 1 aliphatic heterocycles. The first kappa shape index (κ1) is 17.1. The Morgan fingerprint density at radius 1 is 1.50 bits per heavy atom. The third kappa shape index (κ3) is 5.16. The number of amides is 1. The molecule has 2 rings (SSSR count). The minimum absolute atomic E-state index is 0.0983. The van der Waals surface area contributed by atoms with E-state index in [-0.39, 0.29) is 12.0 Å². The zero-order chi connectivity index (χ0) is 15.9. The lowest BCUT2D eigenvalue weighted by molar-refractivity contribution is -0.117. The van der Waals surface area contributed by atoms with Gasteiger partial charge >= 0.3 is 0 Å². The molecule has 0 aliphatic carbocycles. The second-order valence-electron chi connectivity index (χ2n) is 5.58. The first-order valence-electron chi connectivity index (χ1n) is 7.52. The highest BCUT2D eigenvalue weighted by molar-refractivity contribution is 6.31. The molecule has 1 N–H and O–H groups in total. The number of carbonyl (C=O) groups excluding carboxylic acids is 1. The molecule has 1 aromatic carbocycles. The van der Waals surface area contributed by atoms with Crippen molar-refractivity contribution in [2.45, 2.75) is 25.4 Å². The molecule has 1 heterocycles. The minimum Gasteiger partial charge on any atom is -0.495 e. The molecule has 5 nitrogen and oxygen atoms in total. The zero-order valence-corrected chi connectivity index (χ0v) is 13.9. The number of rotatable bonds is 6. The van der Waals surface area contributed by atoms with Gasteiger partial charge in [-0.25, -0.2) is 0 Å². The lowest BCUT2D eigenvalue weighted by Crippen LogP contribution is -2.37. The summed E-state index contributed by atoms with van der Waals surface area (Å²) in [5, 5.41) is 3.40. The van der Waals surface area contributed by atoms with Crippen molar-refractivity contribution in [1.82, 2.24) is 4.90 Å². The van der Waals surface area contributed by atoms with Gasteiger partial charge in [0.25, 0.3) is 0 Å². The summed E-state index contributed by atoms with van der Waals surface area (Å²) in [4.78, 5) is 14.1. The Morgan fingerprint density at radius 2 is 2.32 bits per heavy atom. The molecule has 1 aliphatic rings. The Bertz CT molecular complexity index is 504. The lowest BCUT2D eigenvalue weighted by atomic mass is 10.1. The Hall–Kier alpha value is -1.30. The Kier molecular flexibility index (Phi) is 6.49. The molecule has 0 unspecified atom stereocenters. The SMILES string of the molecule is COc1ccc(Cl)cc1NC(=O)CN(C)C[C@H]1CCCCO1. The highest BCUT2D eigenvalue weighted by atomic mass is 35.5. The van der Waals surface area contributed by atoms with Crippen LogP contribution in [-0.2, 0) is 9.53 Å². The average molecular weight is 327 g/mol. The van der Waals surface area contributed by atoms with Crippen molar-refractivity contribution in [3.05, 3.63) is 23.2 Å². The second kappa shape index (κ2) is 8.36. The van der Waals surface area contributed by atoms with Crippen LogP contribution in [0, 0.1) is 0 Å². The van der Waals surface area contributed by atoms with Crippen LogP contribution < -0.4 is 10.1 Å². The van der Waals surface area contributed by atoms with Crippen molar-refractivity contribution >= 4 is 23.2 Å². The molecular weight excluding hydrogens is 304 g/mol. The number of benzene rings is 1. The third-order valence-corrected chi connectivity index (χ3v) is 3.87. The summed E-state index contributed by atoms with van der Waals surface area (Å²) in [6.45, 7) is 1.89. The highest BCUT2D eigenvalue weighted by Crippen LogP contribution is 2.27. The fraction of sp³-hybridized carbons (Fsp3) is 0.562. The molecule has 1 atom stereocenters. The first-order chi connectivity index (χ1) is 10.6. The standard InChI is InChI=1S/C16H23ClN2O3/c1-19(10-13-5-3-4-8-22-13)11-16(20)18-14-9-12(17)6-7-15(14)21-2/h6-7,9,13H,3-5,8,10-11H2,1-2H3,(H,18,20)/t13-/m1/s1. The van der Waals surface area contributed by atoms with Crippen molar-refractivity contribution in [3.63, 3.8) is 0 Å². The topological polar surface area (TPSA) is 50.8 Å². The van der Waals surface area contributed by atoms with Gasteiger partial charge in [0.2, 0.25) is 5.91 Å². The second-order valence-corrected chi connectivity index (χ2v) is 6.01. The Labute approximate surface area is 136 Å². The van der Waals surface area contributed by atoms with Crippen LogP contribution in [0.5, 0.6) is 5.75 Å². The lowest BCUT2D eigenvalue weighted by Gasteiger charge is -2.27. The molecule has 1 amide bonds. The van der Waals surface area contributed by atoms with E-state index < -0.39 is 0 Å². The smallest absolute Gasteiger partial charge is 0.238 e. The van der Waals surface area contributed by atoms with Crippen LogP contribution in [0.4, 0.5) is 5.69 Å². The van der Waals surface area contributed by atoms with Crippen molar-refractivity contribution in [1.29, 1.82) is 0 Å². The summed E-state index contributed by atoms with van der Waals surface area (Å²) in [7, 11) is 3.48. The molecule has 0 aromatic heterocycles. The molecule has 0 radical (unpaired) electrons. The summed E-state index contributed by atoms with van der Waals surface area (Å²) in [5.41, 5.74) is 0.585. The average Bonchev–Trinajstić information content (AvgIpc) is 2.48. The first-order valence-corrected chi connectivity index (χ1v) is 7.90. The van der Waals surface area contributed by atoms with E-state index in [1.54, 1.807) is 25.3 Å². The van der Waals surface area contributed by atoms with Crippen LogP contribution in [0.25, 0.3) is 0 Å². The van der Waals surface area contributed by atoms with Crippen LogP contribution in [0.15, 0.2) is 18.2 Å². The third-order valence-electron chi connectivity index (χ3n) is 3.64. The van der Waals surface area contributed by atoms with E-state index in [1.807, 2.05) is 11.9 Å². The highest BCUT2D eigenvalue weighted by Gasteiger charge is 2.17. The minimum atomic E-state index is -0.0983. The van der Waals surface area contributed by atoms with Crippen LogP contribution >= 0.6 is 11.6 Å². The van der Waals surface area contributed by atoms with Crippen molar-refractivity contribution in [2.75, 3.05) is 39.2 Å². The van der Waals surface area contributed by atoms with E-state index >= 15 is 0 Å². The molecule has 122 valence electrons. The van der Waals surface area contributed by atoms with Gasteiger partial charge in [-0.1, -0.05) is 11.6 Å². The molecule has 1 aromatic rings. The van der Waals surface area contributed by atoms with Gasteiger partial charge in [-0.3, -0.25) is 9.69 Å². The molecule has 1 fully saturated rings. The number of nitrogens with one attached hydrogen (secondary N) is 1. The van der Waals surface area contributed by atoms with Crippen molar-refractivity contribution in [3.8, 4) is 5.75 Å². The van der Waals surface area contributed by atoms with Crippen LogP contribution in [-0.4, -0.2) is 50.8 Å². The summed E-state index contributed by atoms with van der Waals surface area (Å²) in [5.74, 6) is 0.495. The van der Waals surface area contributed by atoms with E-state index in [0.29, 0.717) is 23.0 Å². The van der Waals surface area contributed by atoms with Gasteiger partial charge in [0, 0.05) is 18.2 Å². The van der Waals surface area contributed by atoms with E-state index in [1.165, 1.54) is 6.42 Å². The molecule has 6 heteroatoms. The number of halogens is 1. The molecule has 1 saturated heterocycles. The largest absolute Gasteiger partial charge is 0.495 e. The van der Waals surface area contributed by atoms with Crippen LogP contribution in [0.1, 0.15) is 19.3 Å². The fourth-order valence-electron chi connectivity index (χ4n) is 2.58. The number of anilines is 1. The maximum Gasteiger partial charge on any atom is 0.238 e. The van der Waals surface area contributed by atoms with Gasteiger partial charge in [0.1, 0.15) is 5.75 Å². The van der Waals surface area contributed by atoms with Gasteiger partial charge in [-0.2, -0.15) is 0 Å².